The minimum atomic E-state index is -0.140. The smallest absolute Gasteiger partial charge is 0.113 e. The third kappa shape index (κ3) is 3.63. The lowest BCUT2D eigenvalue weighted by atomic mass is 10.1. The summed E-state index contributed by atoms with van der Waals surface area (Å²) in [4.78, 5) is 4.05. The van der Waals surface area contributed by atoms with Gasteiger partial charge in [0.1, 0.15) is 5.50 Å². The molecule has 0 aliphatic rings. The molecule has 0 amide bonds. The molecule has 1 aromatic heterocycles. The molecule has 0 saturated heterocycles. The first kappa shape index (κ1) is 14.4. The highest BCUT2D eigenvalue weighted by Crippen LogP contribution is 2.21. The summed E-state index contributed by atoms with van der Waals surface area (Å²) in [6.45, 7) is 0. The second-order valence-electron chi connectivity index (χ2n) is 3.55. The van der Waals surface area contributed by atoms with Gasteiger partial charge >= 0.3 is 0 Å². The molecule has 0 bridgehead atoms. The van der Waals surface area contributed by atoms with Crippen molar-refractivity contribution in [2.24, 2.45) is 0 Å². The summed E-state index contributed by atoms with van der Waals surface area (Å²) in [5.74, 6) is 0.429. The lowest BCUT2D eigenvalue weighted by Gasteiger charge is -2.13. The van der Waals surface area contributed by atoms with Crippen LogP contribution in [-0.2, 0) is 12.3 Å². The minimum Gasteiger partial charge on any atom is -0.316 e. The van der Waals surface area contributed by atoms with E-state index < -0.39 is 0 Å². The number of halogens is 3. The Bertz CT molecular complexity index is 442. The van der Waals surface area contributed by atoms with Crippen LogP contribution in [-0.4, -0.2) is 9.55 Å². The van der Waals surface area contributed by atoms with Crippen molar-refractivity contribution in [3.63, 3.8) is 0 Å². The molecule has 2 rings (SSSR count). The van der Waals surface area contributed by atoms with Crippen molar-refractivity contribution in [1.82, 2.24) is 9.55 Å². The first-order valence-electron chi connectivity index (χ1n) is 5.06. The Hall–Kier alpha value is -0.700. The molecule has 2 aromatic rings. The van der Waals surface area contributed by atoms with E-state index in [9.17, 15) is 0 Å². The molecule has 1 aromatic carbocycles. The van der Waals surface area contributed by atoms with Crippen LogP contribution in [0.5, 0.6) is 0 Å². The van der Waals surface area contributed by atoms with Crippen molar-refractivity contribution >= 4 is 35.6 Å². The molecular formula is C12H13Cl3N2. The van der Waals surface area contributed by atoms with E-state index in [1.807, 2.05) is 22.8 Å². The molecule has 0 aliphatic heterocycles. The Labute approximate surface area is 117 Å². The Balaban J connectivity index is 0.00000144. The van der Waals surface area contributed by atoms with Gasteiger partial charge in [0.15, 0.2) is 0 Å². The maximum atomic E-state index is 6.33. The number of hydrogen-bond donors (Lipinski definition) is 0. The average molecular weight is 292 g/mol. The number of hydrogen-bond acceptors (Lipinski definition) is 1. The van der Waals surface area contributed by atoms with E-state index in [1.54, 1.807) is 12.5 Å². The fraction of sp³-hybridized carbons (Fsp3) is 0.250. The number of aromatic nitrogens is 2. The summed E-state index contributed by atoms with van der Waals surface area (Å²) < 4.78 is 1.90. The van der Waals surface area contributed by atoms with Gasteiger partial charge in [0.05, 0.1) is 17.9 Å². The molecule has 5 heteroatoms. The van der Waals surface area contributed by atoms with Crippen molar-refractivity contribution in [3.8, 4) is 0 Å². The van der Waals surface area contributed by atoms with Gasteiger partial charge in [-0.05, 0) is 5.56 Å². The predicted molar refractivity (Wildman–Crippen MR) is 74.1 cm³/mol. The number of benzene rings is 1. The van der Waals surface area contributed by atoms with Crippen LogP contribution in [0.4, 0.5) is 0 Å². The summed E-state index contributed by atoms with van der Waals surface area (Å²) in [7, 11) is 0. The second-order valence-corrected chi connectivity index (χ2v) is 4.32. The third-order valence-electron chi connectivity index (χ3n) is 2.43. The van der Waals surface area contributed by atoms with E-state index in [0.29, 0.717) is 5.88 Å². The van der Waals surface area contributed by atoms with E-state index >= 15 is 0 Å². The average Bonchev–Trinajstić information content (AvgIpc) is 2.78. The Kier molecular flexibility index (Phi) is 5.83. The maximum absolute atomic E-state index is 6.33. The van der Waals surface area contributed by atoms with Crippen molar-refractivity contribution in [2.75, 3.05) is 0 Å². The van der Waals surface area contributed by atoms with Crippen LogP contribution in [0.25, 0.3) is 0 Å². The largest absolute Gasteiger partial charge is 0.316 e. The van der Waals surface area contributed by atoms with Gasteiger partial charge in [-0.1, -0.05) is 41.9 Å². The highest BCUT2D eigenvalue weighted by atomic mass is 35.5. The summed E-state index contributed by atoms with van der Waals surface area (Å²) in [5, 5.41) is 0. The molecule has 0 saturated carbocycles. The topological polar surface area (TPSA) is 17.8 Å². The number of imidazole rings is 1. The molecule has 17 heavy (non-hydrogen) atoms. The monoisotopic (exact) mass is 290 g/mol. The molecule has 0 N–H and O–H groups in total. The van der Waals surface area contributed by atoms with Gasteiger partial charge < -0.3 is 4.57 Å². The van der Waals surface area contributed by atoms with Crippen molar-refractivity contribution in [3.05, 3.63) is 54.1 Å². The summed E-state index contributed by atoms with van der Waals surface area (Å²) in [6, 6.07) is 10.1. The van der Waals surface area contributed by atoms with Crippen molar-refractivity contribution in [1.29, 1.82) is 0 Å². The Morgan fingerprint density at radius 1 is 1.24 bits per heavy atom. The normalized spacial score (nSPS) is 11.9. The minimum absolute atomic E-state index is 0. The van der Waals surface area contributed by atoms with Crippen LogP contribution in [0.3, 0.4) is 0 Å². The molecule has 2 nitrogen and oxygen atoms in total. The third-order valence-corrected chi connectivity index (χ3v) is 3.07. The van der Waals surface area contributed by atoms with Crippen LogP contribution < -0.4 is 0 Å². The van der Waals surface area contributed by atoms with Gasteiger partial charge in [-0.3, -0.25) is 0 Å². The van der Waals surface area contributed by atoms with E-state index in [4.69, 9.17) is 23.2 Å². The quantitative estimate of drug-likeness (QED) is 0.778. The van der Waals surface area contributed by atoms with Crippen LogP contribution >= 0.6 is 35.6 Å². The first-order chi connectivity index (χ1) is 7.81. The maximum Gasteiger partial charge on any atom is 0.113 e. The van der Waals surface area contributed by atoms with Crippen molar-refractivity contribution < 1.29 is 0 Å². The summed E-state index contributed by atoms with van der Waals surface area (Å²) in [5.41, 5.74) is 2.01. The molecule has 0 radical (unpaired) electrons. The SMILES string of the molecule is Cl.ClCc1cncn1C(Cl)Cc1ccccc1. The van der Waals surface area contributed by atoms with Gasteiger partial charge in [0, 0.05) is 12.6 Å². The van der Waals surface area contributed by atoms with Gasteiger partial charge in [-0.2, -0.15) is 0 Å². The zero-order chi connectivity index (χ0) is 11.4. The number of rotatable bonds is 4. The lowest BCUT2D eigenvalue weighted by molar-refractivity contribution is 0.644. The molecule has 1 atom stereocenters. The van der Waals surface area contributed by atoms with E-state index in [0.717, 1.165) is 12.1 Å². The summed E-state index contributed by atoms with van der Waals surface area (Å²) >= 11 is 12.1. The van der Waals surface area contributed by atoms with Crippen LogP contribution in [0.2, 0.25) is 0 Å². The fourth-order valence-corrected chi connectivity index (χ4v) is 2.16. The Morgan fingerprint density at radius 2 is 1.94 bits per heavy atom. The highest BCUT2D eigenvalue weighted by Gasteiger charge is 2.11. The van der Waals surface area contributed by atoms with Gasteiger partial charge in [-0.15, -0.1) is 24.0 Å². The van der Waals surface area contributed by atoms with E-state index in [1.165, 1.54) is 5.56 Å². The molecule has 1 heterocycles. The molecule has 0 fully saturated rings. The molecule has 1 unspecified atom stereocenters. The van der Waals surface area contributed by atoms with Gasteiger partial charge in [0.25, 0.3) is 0 Å². The highest BCUT2D eigenvalue weighted by molar-refractivity contribution is 6.19. The van der Waals surface area contributed by atoms with Gasteiger partial charge in [0.2, 0.25) is 0 Å². The first-order valence-corrected chi connectivity index (χ1v) is 6.03. The Morgan fingerprint density at radius 3 is 2.59 bits per heavy atom. The van der Waals surface area contributed by atoms with Crippen LogP contribution in [0.1, 0.15) is 16.8 Å². The van der Waals surface area contributed by atoms with Gasteiger partial charge in [-0.25, -0.2) is 4.98 Å². The zero-order valence-electron chi connectivity index (χ0n) is 9.09. The van der Waals surface area contributed by atoms with E-state index in [2.05, 4.69) is 17.1 Å². The molecular weight excluding hydrogens is 279 g/mol. The lowest BCUT2D eigenvalue weighted by Crippen LogP contribution is -2.07. The molecule has 92 valence electrons. The number of alkyl halides is 2. The van der Waals surface area contributed by atoms with E-state index in [-0.39, 0.29) is 17.9 Å². The summed E-state index contributed by atoms with van der Waals surface area (Å²) in [6.07, 6.45) is 4.23. The standard InChI is InChI=1S/C12H12Cl2N2.ClH/c13-7-11-8-15-9-16(11)12(14)6-10-4-2-1-3-5-10;/h1-5,8-9,12H,6-7H2;1H. The van der Waals surface area contributed by atoms with Crippen molar-refractivity contribution in [2.45, 2.75) is 17.8 Å². The molecule has 0 aliphatic carbocycles. The fourth-order valence-electron chi connectivity index (χ4n) is 1.59. The molecule has 0 spiro atoms. The predicted octanol–water partition coefficient (Wildman–Crippen LogP) is 4.02. The second kappa shape index (κ2) is 6.90. The van der Waals surface area contributed by atoms with Crippen LogP contribution in [0, 0.1) is 0 Å². The van der Waals surface area contributed by atoms with Crippen LogP contribution in [0.15, 0.2) is 42.9 Å². The zero-order valence-corrected chi connectivity index (χ0v) is 11.4. The number of nitrogens with zero attached hydrogens (tertiary/aromatic N) is 2.